The number of hydrogen-bond donors (Lipinski definition) is 1. The summed E-state index contributed by atoms with van der Waals surface area (Å²) in [6.45, 7) is 2.85. The lowest BCUT2D eigenvalue weighted by molar-refractivity contribution is 0.183. The number of methoxy groups -OCH3 is 1. The predicted molar refractivity (Wildman–Crippen MR) is 123 cm³/mol. The van der Waals surface area contributed by atoms with Gasteiger partial charge >= 0.3 is 5.69 Å². The van der Waals surface area contributed by atoms with Crippen LogP contribution in [-0.2, 0) is 38.0 Å². The highest BCUT2D eigenvalue weighted by Gasteiger charge is 2.19. The summed E-state index contributed by atoms with van der Waals surface area (Å²) >= 11 is 0. The van der Waals surface area contributed by atoms with Gasteiger partial charge in [-0.05, 0) is 11.1 Å². The molecule has 32 heavy (non-hydrogen) atoms. The third kappa shape index (κ3) is 4.71. The zero-order chi connectivity index (χ0) is 22.5. The summed E-state index contributed by atoms with van der Waals surface area (Å²) in [4.78, 5) is 34.1. The second-order valence-corrected chi connectivity index (χ2v) is 7.78. The quantitative estimate of drug-likeness (QED) is 0.438. The van der Waals surface area contributed by atoms with Crippen LogP contribution in [0.5, 0.6) is 0 Å². The van der Waals surface area contributed by atoms with E-state index in [2.05, 4.69) is 34.1 Å². The first kappa shape index (κ1) is 21.7. The van der Waals surface area contributed by atoms with Crippen LogP contribution in [-0.4, -0.2) is 37.7 Å². The Bertz CT molecular complexity index is 1250. The third-order valence-corrected chi connectivity index (χ3v) is 5.47. The van der Waals surface area contributed by atoms with Crippen molar-refractivity contribution in [2.24, 2.45) is 7.05 Å². The van der Waals surface area contributed by atoms with Crippen molar-refractivity contribution in [1.82, 2.24) is 24.0 Å². The summed E-state index contributed by atoms with van der Waals surface area (Å²) in [6, 6.07) is 20.5. The maximum Gasteiger partial charge on any atom is 0.329 e. The van der Waals surface area contributed by atoms with Gasteiger partial charge in [-0.1, -0.05) is 60.7 Å². The molecular weight excluding hydrogens is 406 g/mol. The highest BCUT2D eigenvalue weighted by atomic mass is 16.5. The van der Waals surface area contributed by atoms with Crippen LogP contribution in [0.2, 0.25) is 0 Å². The lowest BCUT2D eigenvalue weighted by Gasteiger charge is -2.23. The van der Waals surface area contributed by atoms with Crippen molar-refractivity contribution in [1.29, 1.82) is 0 Å². The van der Waals surface area contributed by atoms with Gasteiger partial charge in [-0.15, -0.1) is 0 Å². The smallest absolute Gasteiger partial charge is 0.329 e. The number of aromatic nitrogens is 4. The molecule has 2 heterocycles. The van der Waals surface area contributed by atoms with Gasteiger partial charge in [0, 0.05) is 33.8 Å². The number of imidazole rings is 1. The molecule has 4 aromatic rings. The number of hydrogen-bond acceptors (Lipinski definition) is 5. The SMILES string of the molecule is COCCn1c(CN(Cc2ccccc2)Cc2ccccc2)nc2c1c(=O)[nH]c(=O)n2C. The predicted octanol–water partition coefficient (Wildman–Crippen LogP) is 2.27. The van der Waals surface area contributed by atoms with Crippen LogP contribution in [0.4, 0.5) is 0 Å². The largest absolute Gasteiger partial charge is 0.383 e. The topological polar surface area (TPSA) is 85.2 Å². The van der Waals surface area contributed by atoms with E-state index in [0.717, 1.165) is 18.9 Å². The van der Waals surface area contributed by atoms with E-state index in [1.807, 2.05) is 41.0 Å². The summed E-state index contributed by atoms with van der Waals surface area (Å²) < 4.78 is 8.50. The number of H-pyrrole nitrogens is 1. The molecule has 0 spiro atoms. The molecule has 0 unspecified atom stereocenters. The van der Waals surface area contributed by atoms with Crippen LogP contribution >= 0.6 is 0 Å². The van der Waals surface area contributed by atoms with Crippen molar-refractivity contribution < 1.29 is 4.74 Å². The second kappa shape index (κ2) is 9.76. The van der Waals surface area contributed by atoms with E-state index in [1.54, 1.807) is 14.2 Å². The summed E-state index contributed by atoms with van der Waals surface area (Å²) in [5.41, 5.74) is 2.23. The molecule has 0 saturated carbocycles. The number of benzene rings is 2. The highest BCUT2D eigenvalue weighted by Crippen LogP contribution is 2.17. The van der Waals surface area contributed by atoms with E-state index in [4.69, 9.17) is 9.72 Å². The van der Waals surface area contributed by atoms with Crippen molar-refractivity contribution in [2.75, 3.05) is 13.7 Å². The fourth-order valence-corrected chi connectivity index (χ4v) is 3.87. The fraction of sp³-hybridized carbons (Fsp3) is 0.292. The average molecular weight is 434 g/mol. The van der Waals surface area contributed by atoms with Gasteiger partial charge < -0.3 is 9.30 Å². The number of aryl methyl sites for hydroxylation is 1. The molecule has 0 aliphatic rings. The molecule has 4 rings (SSSR count). The highest BCUT2D eigenvalue weighted by molar-refractivity contribution is 5.70. The minimum atomic E-state index is -0.476. The Kier molecular flexibility index (Phi) is 6.63. The molecule has 0 fully saturated rings. The zero-order valence-electron chi connectivity index (χ0n) is 18.3. The minimum absolute atomic E-state index is 0.379. The van der Waals surface area contributed by atoms with Crippen molar-refractivity contribution in [3.63, 3.8) is 0 Å². The molecule has 2 aromatic heterocycles. The van der Waals surface area contributed by atoms with Crippen molar-refractivity contribution in [3.05, 3.63) is 98.5 Å². The van der Waals surface area contributed by atoms with E-state index in [1.165, 1.54) is 15.7 Å². The van der Waals surface area contributed by atoms with Gasteiger partial charge in [0.2, 0.25) is 0 Å². The van der Waals surface area contributed by atoms with Gasteiger partial charge in [0.1, 0.15) is 5.82 Å². The van der Waals surface area contributed by atoms with Gasteiger partial charge in [-0.3, -0.25) is 19.2 Å². The maximum absolute atomic E-state index is 12.6. The maximum atomic E-state index is 12.6. The van der Waals surface area contributed by atoms with Gasteiger partial charge in [0.25, 0.3) is 5.56 Å². The number of rotatable bonds is 9. The van der Waals surface area contributed by atoms with Gasteiger partial charge in [0.05, 0.1) is 13.2 Å². The fourth-order valence-electron chi connectivity index (χ4n) is 3.87. The first-order chi connectivity index (χ1) is 15.6. The van der Waals surface area contributed by atoms with E-state index >= 15 is 0 Å². The van der Waals surface area contributed by atoms with Crippen LogP contribution in [0.3, 0.4) is 0 Å². The number of nitrogens with zero attached hydrogens (tertiary/aromatic N) is 4. The van der Waals surface area contributed by atoms with Crippen molar-refractivity contribution >= 4 is 11.2 Å². The van der Waals surface area contributed by atoms with E-state index < -0.39 is 11.2 Å². The molecule has 0 bridgehead atoms. The Morgan fingerprint density at radius 3 is 2.09 bits per heavy atom. The Morgan fingerprint density at radius 1 is 0.938 bits per heavy atom. The summed E-state index contributed by atoms with van der Waals surface area (Å²) in [6.07, 6.45) is 0. The first-order valence-corrected chi connectivity index (χ1v) is 10.5. The minimum Gasteiger partial charge on any atom is -0.383 e. The van der Waals surface area contributed by atoms with E-state index in [0.29, 0.717) is 30.9 Å². The third-order valence-electron chi connectivity index (χ3n) is 5.47. The van der Waals surface area contributed by atoms with Gasteiger partial charge in [0.15, 0.2) is 11.2 Å². The average Bonchev–Trinajstić information content (AvgIpc) is 3.16. The Labute approximate surface area is 185 Å². The number of aromatic amines is 1. The van der Waals surface area contributed by atoms with Gasteiger partial charge in [-0.25, -0.2) is 9.78 Å². The molecule has 0 amide bonds. The molecule has 2 aromatic carbocycles. The lowest BCUT2D eigenvalue weighted by atomic mass is 10.1. The number of ether oxygens (including phenoxy) is 1. The van der Waals surface area contributed by atoms with Crippen LogP contribution < -0.4 is 11.2 Å². The van der Waals surface area contributed by atoms with Crippen LogP contribution in [0, 0.1) is 0 Å². The normalized spacial score (nSPS) is 11.5. The lowest BCUT2D eigenvalue weighted by Crippen LogP contribution is -2.29. The van der Waals surface area contributed by atoms with Crippen LogP contribution in [0.15, 0.2) is 70.3 Å². The Hall–Kier alpha value is -3.49. The molecule has 8 heteroatoms. The Balaban J connectivity index is 1.75. The van der Waals surface area contributed by atoms with E-state index in [9.17, 15) is 9.59 Å². The monoisotopic (exact) mass is 433 g/mol. The molecule has 0 saturated heterocycles. The summed E-state index contributed by atoms with van der Waals surface area (Å²) in [7, 11) is 3.24. The first-order valence-electron chi connectivity index (χ1n) is 10.5. The van der Waals surface area contributed by atoms with Crippen LogP contribution in [0.25, 0.3) is 11.2 Å². The summed E-state index contributed by atoms with van der Waals surface area (Å²) in [5.74, 6) is 0.718. The van der Waals surface area contributed by atoms with Crippen molar-refractivity contribution in [2.45, 2.75) is 26.2 Å². The summed E-state index contributed by atoms with van der Waals surface area (Å²) in [5, 5.41) is 0. The Morgan fingerprint density at radius 2 is 1.53 bits per heavy atom. The molecule has 8 nitrogen and oxygen atoms in total. The second-order valence-electron chi connectivity index (χ2n) is 7.78. The van der Waals surface area contributed by atoms with E-state index in [-0.39, 0.29) is 0 Å². The molecular formula is C24H27N5O3. The van der Waals surface area contributed by atoms with Crippen LogP contribution in [0.1, 0.15) is 17.0 Å². The van der Waals surface area contributed by atoms with Crippen molar-refractivity contribution in [3.8, 4) is 0 Å². The van der Waals surface area contributed by atoms with Gasteiger partial charge in [-0.2, -0.15) is 0 Å². The molecule has 0 aliphatic carbocycles. The molecule has 0 aliphatic heterocycles. The number of fused-ring (bicyclic) bond motifs is 1. The molecule has 166 valence electrons. The molecule has 0 atom stereocenters. The zero-order valence-corrected chi connectivity index (χ0v) is 18.3. The number of nitrogens with one attached hydrogen (secondary N) is 1. The molecule has 0 radical (unpaired) electrons. The molecule has 1 N–H and O–H groups in total. The standard InChI is InChI=1S/C24H27N5O3/c1-27-22-21(23(30)26-24(27)31)29(13-14-32-2)20(25-22)17-28(15-18-9-5-3-6-10-18)16-19-11-7-4-8-12-19/h3-12H,13-17H2,1-2H3,(H,26,30,31).